The van der Waals surface area contributed by atoms with Crippen LogP contribution in [-0.4, -0.2) is 131 Å². The van der Waals surface area contributed by atoms with Crippen molar-refractivity contribution in [3.8, 4) is 27.4 Å². The molecule has 5 atom stereocenters. The SMILES string of the molecule is Cc1ncsc1-c1ccc([C@H](C)NC(=O)[C@@H]2CC(O[Si](C)(C)C(C)(C)C)CN2C(=O)C(c2cc(CN3CCC(CN4CCN5c6cc(-c7ccccc7O)nnc6NC[C@H]5C4)CC3)no2)C(C)C)cc1. The number of phenolic OH excluding ortho intramolecular Hbond substituents is 1. The highest BCUT2D eigenvalue weighted by molar-refractivity contribution is 7.13. The minimum atomic E-state index is -2.21. The topological polar surface area (TPSA) is 165 Å². The van der Waals surface area contributed by atoms with Crippen LogP contribution in [0.25, 0.3) is 21.7 Å². The lowest BCUT2D eigenvalue weighted by molar-refractivity contribution is -0.141. The summed E-state index contributed by atoms with van der Waals surface area (Å²) >= 11 is 1.62. The third kappa shape index (κ3) is 10.7. The summed E-state index contributed by atoms with van der Waals surface area (Å²) in [7, 11) is -2.21. The molecule has 0 bridgehead atoms. The van der Waals surface area contributed by atoms with Crippen molar-refractivity contribution in [3.05, 3.63) is 88.9 Å². The average Bonchev–Trinajstić information content (AvgIpc) is 4.09. The number of rotatable bonds is 14. The lowest BCUT2D eigenvalue weighted by Gasteiger charge is -2.47. The molecular weight excluding hydrogens is 917 g/mol. The van der Waals surface area contributed by atoms with E-state index in [2.05, 4.69) is 110 Å². The summed E-state index contributed by atoms with van der Waals surface area (Å²) in [6.45, 7) is 26.9. The van der Waals surface area contributed by atoms with Gasteiger partial charge in [-0.25, -0.2) is 4.98 Å². The number of carbonyl (C=O) groups excluding carboxylic acids is 2. The fourth-order valence-corrected chi connectivity index (χ4v) is 12.8. The van der Waals surface area contributed by atoms with Gasteiger partial charge in [-0.3, -0.25) is 19.4 Å². The Morgan fingerprint density at radius 1 is 0.986 bits per heavy atom. The second-order valence-corrected chi connectivity index (χ2v) is 27.6. The number of aromatic nitrogens is 4. The van der Waals surface area contributed by atoms with Crippen LogP contribution in [0, 0.1) is 18.8 Å². The van der Waals surface area contributed by atoms with Gasteiger partial charge in [0.05, 0.1) is 51.3 Å². The van der Waals surface area contributed by atoms with E-state index in [0.29, 0.717) is 48.5 Å². The molecule has 7 heterocycles. The van der Waals surface area contributed by atoms with Crippen LogP contribution in [0.3, 0.4) is 0 Å². The second kappa shape index (κ2) is 20.5. The number of hydrogen-bond acceptors (Lipinski definition) is 14. The molecule has 4 aliphatic rings. The first-order valence-corrected chi connectivity index (χ1v) is 29.1. The van der Waals surface area contributed by atoms with E-state index in [-0.39, 0.29) is 40.7 Å². The normalized spacial score (nSPS) is 21.3. The number of aromatic hydroxyl groups is 1. The summed E-state index contributed by atoms with van der Waals surface area (Å²) in [6, 6.07) is 19.0. The van der Waals surface area contributed by atoms with E-state index in [9.17, 15) is 14.7 Å². The molecule has 17 heteroatoms. The number of amides is 2. The molecule has 3 saturated heterocycles. The van der Waals surface area contributed by atoms with Crippen LogP contribution in [0.1, 0.15) is 95.5 Å². The number of anilines is 2. The lowest BCUT2D eigenvalue weighted by Crippen LogP contribution is -2.58. The first kappa shape index (κ1) is 49.8. The fourth-order valence-electron chi connectivity index (χ4n) is 10.6. The zero-order valence-corrected chi connectivity index (χ0v) is 44.3. The molecule has 3 aromatic heterocycles. The van der Waals surface area contributed by atoms with Gasteiger partial charge < -0.3 is 34.5 Å². The molecule has 15 nitrogen and oxygen atoms in total. The number of piperazine rings is 1. The predicted octanol–water partition coefficient (Wildman–Crippen LogP) is 8.71. The number of likely N-dealkylation sites (tertiary alicyclic amines) is 2. The molecule has 2 amide bonds. The number of para-hydroxylation sites is 1. The van der Waals surface area contributed by atoms with Gasteiger partial charge in [-0.15, -0.1) is 21.5 Å². The van der Waals surface area contributed by atoms with Crippen molar-refractivity contribution in [2.45, 2.75) is 123 Å². The van der Waals surface area contributed by atoms with Crippen LogP contribution < -0.4 is 15.5 Å². The van der Waals surface area contributed by atoms with Crippen LogP contribution in [0.15, 0.2) is 70.7 Å². The van der Waals surface area contributed by atoms with Gasteiger partial charge in [0.15, 0.2) is 14.1 Å². The summed E-state index contributed by atoms with van der Waals surface area (Å²) in [5.74, 6) is 1.16. The first-order chi connectivity index (χ1) is 33.4. The van der Waals surface area contributed by atoms with Crippen LogP contribution >= 0.6 is 11.3 Å². The maximum Gasteiger partial charge on any atom is 0.243 e. The van der Waals surface area contributed by atoms with E-state index in [4.69, 9.17) is 8.95 Å². The molecule has 9 rings (SSSR count). The molecule has 0 spiro atoms. The number of phenols is 1. The Balaban J connectivity index is 0.807. The Bertz CT molecular complexity index is 2620. The minimum Gasteiger partial charge on any atom is -0.507 e. The molecule has 0 radical (unpaired) electrons. The van der Waals surface area contributed by atoms with Gasteiger partial charge in [-0.1, -0.05) is 76.2 Å². The zero-order chi connectivity index (χ0) is 49.5. The molecule has 2 aromatic carbocycles. The second-order valence-electron chi connectivity index (χ2n) is 22.0. The Hall–Kier alpha value is -5.20. The Morgan fingerprint density at radius 2 is 1.74 bits per heavy atom. The van der Waals surface area contributed by atoms with Crippen LogP contribution in [0.5, 0.6) is 5.75 Å². The summed E-state index contributed by atoms with van der Waals surface area (Å²) in [5, 5.41) is 30.7. The van der Waals surface area contributed by atoms with Gasteiger partial charge in [0, 0.05) is 63.9 Å². The highest BCUT2D eigenvalue weighted by Crippen LogP contribution is 2.41. The van der Waals surface area contributed by atoms with Gasteiger partial charge in [0.2, 0.25) is 11.8 Å². The van der Waals surface area contributed by atoms with Gasteiger partial charge in [-0.05, 0) is 99.1 Å². The molecular formula is C53H72N10O5SSi. The van der Waals surface area contributed by atoms with Crippen molar-refractivity contribution in [2.75, 3.05) is 62.6 Å². The third-order valence-corrected chi connectivity index (χ3v) is 21.2. The van der Waals surface area contributed by atoms with Crippen molar-refractivity contribution < 1.29 is 23.6 Å². The maximum absolute atomic E-state index is 14.9. The predicted molar refractivity (Wildman–Crippen MR) is 278 cm³/mol. The number of benzene rings is 2. The quantitative estimate of drug-likeness (QED) is 0.0906. The Morgan fingerprint density at radius 3 is 2.44 bits per heavy atom. The molecule has 0 aliphatic carbocycles. The van der Waals surface area contributed by atoms with Crippen molar-refractivity contribution in [3.63, 3.8) is 0 Å². The minimum absolute atomic E-state index is 0.0256. The number of fused-ring (bicyclic) bond motifs is 3. The number of nitrogens with zero attached hydrogens (tertiary/aromatic N) is 8. The largest absolute Gasteiger partial charge is 0.507 e. The molecule has 3 fully saturated rings. The first-order valence-electron chi connectivity index (χ1n) is 25.3. The Labute approximate surface area is 418 Å². The third-order valence-electron chi connectivity index (χ3n) is 15.7. The van der Waals surface area contributed by atoms with Crippen LogP contribution in [0.4, 0.5) is 11.5 Å². The summed E-state index contributed by atoms with van der Waals surface area (Å²) in [4.78, 5) is 44.2. The van der Waals surface area contributed by atoms with Crippen molar-refractivity contribution in [1.82, 2.24) is 40.4 Å². The number of piperidine rings is 1. The molecule has 0 saturated carbocycles. The van der Waals surface area contributed by atoms with E-state index in [1.54, 1.807) is 22.3 Å². The number of thiazole rings is 1. The van der Waals surface area contributed by atoms with Gasteiger partial charge in [0.1, 0.15) is 23.5 Å². The van der Waals surface area contributed by atoms with Crippen molar-refractivity contribution in [2.24, 2.45) is 11.8 Å². The van der Waals surface area contributed by atoms with E-state index in [1.807, 2.05) is 57.5 Å². The molecule has 4 aliphatic heterocycles. The van der Waals surface area contributed by atoms with Crippen molar-refractivity contribution in [1.29, 1.82) is 0 Å². The summed E-state index contributed by atoms with van der Waals surface area (Å²) in [6.07, 6.45) is 2.39. The molecule has 3 N–H and O–H groups in total. The van der Waals surface area contributed by atoms with E-state index < -0.39 is 20.3 Å². The van der Waals surface area contributed by atoms with Gasteiger partial charge in [-0.2, -0.15) is 0 Å². The van der Waals surface area contributed by atoms with Gasteiger partial charge >= 0.3 is 0 Å². The van der Waals surface area contributed by atoms with Crippen molar-refractivity contribution >= 4 is 43.0 Å². The van der Waals surface area contributed by atoms with Gasteiger partial charge in [0.25, 0.3) is 0 Å². The standard InChI is InChI=1S/C53H72N10O5SSi/c1-33(2)48(52(66)63-31-41(68-70(8,9)53(5,6)7)25-45(63)51(65)56-34(3)37-14-16-38(17-15-37)49-35(4)55-32-69-49)47-24-39(59-67-47)29-60-20-18-36(19-21-60)28-61-22-23-62-40(30-61)27-54-50-44(62)26-43(57-58-50)42-12-10-11-13-46(42)64/h10-17,24,26,32-34,36,40-41,45,48,64H,18-23,25,27-31H2,1-9H3,(H,54,58)(H,56,65)/t34-,40-,41?,45-,48?/m0/s1. The lowest BCUT2D eigenvalue weighted by atomic mass is 9.91. The number of aryl methyl sites for hydroxylation is 1. The summed E-state index contributed by atoms with van der Waals surface area (Å²) in [5.41, 5.74) is 8.19. The molecule has 374 valence electrons. The van der Waals surface area contributed by atoms with E-state index in [0.717, 1.165) is 97.6 Å². The number of nitrogens with one attached hydrogen (secondary N) is 2. The average molecular weight is 989 g/mol. The summed E-state index contributed by atoms with van der Waals surface area (Å²) < 4.78 is 13.0. The molecule has 5 aromatic rings. The molecule has 2 unspecified atom stereocenters. The van der Waals surface area contributed by atoms with E-state index in [1.165, 1.54) is 0 Å². The van der Waals surface area contributed by atoms with Crippen LogP contribution in [-0.2, 0) is 20.6 Å². The highest BCUT2D eigenvalue weighted by atomic mass is 32.1. The fraction of sp³-hybridized carbons (Fsp3) is 0.547. The highest BCUT2D eigenvalue weighted by Gasteiger charge is 2.48. The number of hydrogen-bond donors (Lipinski definition) is 3. The maximum atomic E-state index is 14.9. The zero-order valence-electron chi connectivity index (χ0n) is 42.4. The van der Waals surface area contributed by atoms with E-state index >= 15 is 0 Å². The number of carbonyl (C=O) groups is 2. The monoisotopic (exact) mass is 989 g/mol. The smallest absolute Gasteiger partial charge is 0.243 e. The molecule has 70 heavy (non-hydrogen) atoms. The Kier molecular flexibility index (Phi) is 14.6. The van der Waals surface area contributed by atoms with Crippen LogP contribution in [0.2, 0.25) is 18.1 Å².